The van der Waals surface area contributed by atoms with Crippen LogP contribution in [0.1, 0.15) is 13.8 Å². The maximum Gasteiger partial charge on any atom is 0.330 e. The molecule has 16 heavy (non-hydrogen) atoms. The van der Waals surface area contributed by atoms with Crippen molar-refractivity contribution in [2.75, 3.05) is 13.2 Å². The summed E-state index contributed by atoms with van der Waals surface area (Å²) in [7, 11) is 0. The quantitative estimate of drug-likeness (QED) is 0.392. The minimum Gasteiger partial charge on any atom is -0.463 e. The predicted octanol–water partition coefficient (Wildman–Crippen LogP) is 1.78. The van der Waals surface area contributed by atoms with E-state index in [-0.39, 0.29) is 11.9 Å². The highest BCUT2D eigenvalue weighted by Gasteiger charge is 1.90. The smallest absolute Gasteiger partial charge is 0.330 e. The maximum atomic E-state index is 10.8. The van der Waals surface area contributed by atoms with E-state index in [4.69, 9.17) is 0 Å². The van der Waals surface area contributed by atoms with E-state index in [9.17, 15) is 9.59 Å². The summed E-state index contributed by atoms with van der Waals surface area (Å²) in [5.41, 5.74) is 0. The van der Waals surface area contributed by atoms with E-state index in [1.807, 2.05) is 0 Å². The summed E-state index contributed by atoms with van der Waals surface area (Å²) in [6, 6.07) is 0. The molecule has 0 aliphatic heterocycles. The van der Waals surface area contributed by atoms with Gasteiger partial charge in [0, 0.05) is 12.2 Å². The van der Waals surface area contributed by atoms with Gasteiger partial charge in [0.15, 0.2) is 0 Å². The second-order valence-corrected chi connectivity index (χ2v) is 2.61. The maximum absolute atomic E-state index is 10.8. The Bertz CT molecular complexity index is 270. The van der Waals surface area contributed by atoms with Gasteiger partial charge in [-0.3, -0.25) is 0 Å². The fourth-order valence-electron chi connectivity index (χ4n) is 0.777. The van der Waals surface area contributed by atoms with Crippen molar-refractivity contribution in [2.45, 2.75) is 13.8 Å². The zero-order valence-electron chi connectivity index (χ0n) is 9.51. The minimum absolute atomic E-state index is 0.357. The molecule has 0 rings (SSSR count). The van der Waals surface area contributed by atoms with Gasteiger partial charge in [-0.1, -0.05) is 24.3 Å². The Kier molecular flexibility index (Phi) is 8.59. The number of rotatable bonds is 6. The summed E-state index contributed by atoms with van der Waals surface area (Å²) < 4.78 is 9.33. The molecule has 0 saturated heterocycles. The highest BCUT2D eigenvalue weighted by atomic mass is 16.5. The van der Waals surface area contributed by atoms with Gasteiger partial charge in [-0.2, -0.15) is 0 Å². The monoisotopic (exact) mass is 224 g/mol. The van der Waals surface area contributed by atoms with Gasteiger partial charge in [0.05, 0.1) is 13.2 Å². The highest BCUT2D eigenvalue weighted by molar-refractivity contribution is 5.82. The Morgan fingerprint density at radius 1 is 0.812 bits per heavy atom. The van der Waals surface area contributed by atoms with E-state index in [1.54, 1.807) is 26.0 Å². The van der Waals surface area contributed by atoms with Crippen LogP contribution in [-0.2, 0) is 19.1 Å². The van der Waals surface area contributed by atoms with Gasteiger partial charge < -0.3 is 9.47 Å². The van der Waals surface area contributed by atoms with Gasteiger partial charge in [-0.25, -0.2) is 9.59 Å². The van der Waals surface area contributed by atoms with Crippen LogP contribution < -0.4 is 0 Å². The molecule has 88 valence electrons. The van der Waals surface area contributed by atoms with E-state index in [0.29, 0.717) is 13.2 Å². The fraction of sp³-hybridized carbons (Fsp3) is 0.333. The normalized spacial score (nSPS) is 11.4. The molecule has 0 aliphatic carbocycles. The second kappa shape index (κ2) is 9.71. The van der Waals surface area contributed by atoms with Crippen LogP contribution in [0.3, 0.4) is 0 Å². The number of carbonyl (C=O) groups excluding carboxylic acids is 2. The van der Waals surface area contributed by atoms with Gasteiger partial charge in [0.25, 0.3) is 0 Å². The lowest BCUT2D eigenvalue weighted by Crippen LogP contribution is -1.98. The molecule has 0 heterocycles. The second-order valence-electron chi connectivity index (χ2n) is 2.61. The van der Waals surface area contributed by atoms with Crippen molar-refractivity contribution < 1.29 is 19.1 Å². The number of ether oxygens (including phenoxy) is 2. The van der Waals surface area contributed by atoms with E-state index in [2.05, 4.69) is 9.47 Å². The van der Waals surface area contributed by atoms with Gasteiger partial charge in [-0.15, -0.1) is 0 Å². The van der Waals surface area contributed by atoms with E-state index >= 15 is 0 Å². The largest absolute Gasteiger partial charge is 0.463 e. The molecule has 0 fully saturated rings. The molecular weight excluding hydrogens is 208 g/mol. The van der Waals surface area contributed by atoms with Crippen LogP contribution in [-0.4, -0.2) is 25.2 Å². The Morgan fingerprint density at radius 2 is 1.19 bits per heavy atom. The van der Waals surface area contributed by atoms with Crippen LogP contribution in [0.2, 0.25) is 0 Å². The minimum atomic E-state index is -0.387. The Balaban J connectivity index is 3.85. The van der Waals surface area contributed by atoms with Crippen molar-refractivity contribution >= 4 is 11.9 Å². The summed E-state index contributed by atoms with van der Waals surface area (Å²) in [4.78, 5) is 21.7. The summed E-state index contributed by atoms with van der Waals surface area (Å²) in [6.07, 6.45) is 8.91. The highest BCUT2D eigenvalue weighted by Crippen LogP contribution is 1.86. The first-order valence-electron chi connectivity index (χ1n) is 5.05. The molecule has 4 nitrogen and oxygen atoms in total. The van der Waals surface area contributed by atoms with Gasteiger partial charge in [0.2, 0.25) is 0 Å². The number of hydrogen-bond donors (Lipinski definition) is 0. The fourth-order valence-corrected chi connectivity index (χ4v) is 0.777. The molecule has 0 aromatic carbocycles. The summed E-state index contributed by atoms with van der Waals surface area (Å²) in [5, 5.41) is 0. The lowest BCUT2D eigenvalue weighted by atomic mass is 10.4. The molecule has 0 aromatic heterocycles. The molecule has 0 aromatic rings. The SMILES string of the molecule is CCOC(=O)/C=C/C=C/C=C/C(=O)OCC. The number of allylic oxidation sites excluding steroid dienone is 4. The van der Waals surface area contributed by atoms with Crippen LogP contribution in [0.5, 0.6) is 0 Å². The van der Waals surface area contributed by atoms with Crippen molar-refractivity contribution in [1.82, 2.24) is 0 Å². The number of esters is 2. The van der Waals surface area contributed by atoms with Crippen molar-refractivity contribution in [1.29, 1.82) is 0 Å². The van der Waals surface area contributed by atoms with E-state index in [1.165, 1.54) is 24.3 Å². The third-order valence-corrected chi connectivity index (χ3v) is 1.37. The zero-order valence-corrected chi connectivity index (χ0v) is 9.51. The third-order valence-electron chi connectivity index (χ3n) is 1.37. The van der Waals surface area contributed by atoms with Crippen LogP contribution in [0.4, 0.5) is 0 Å². The lowest BCUT2D eigenvalue weighted by Gasteiger charge is -1.92. The third kappa shape index (κ3) is 8.74. The van der Waals surface area contributed by atoms with E-state index in [0.717, 1.165) is 0 Å². The molecule has 0 saturated carbocycles. The lowest BCUT2D eigenvalue weighted by molar-refractivity contribution is -0.138. The topological polar surface area (TPSA) is 52.6 Å². The first-order valence-corrected chi connectivity index (χ1v) is 5.05. The molecule has 0 amide bonds. The summed E-state index contributed by atoms with van der Waals surface area (Å²) in [6.45, 7) is 4.19. The molecular formula is C12H16O4. The zero-order chi connectivity index (χ0) is 12.2. The summed E-state index contributed by atoms with van der Waals surface area (Å²) in [5.74, 6) is -0.775. The van der Waals surface area contributed by atoms with Crippen molar-refractivity contribution in [2.24, 2.45) is 0 Å². The Morgan fingerprint density at radius 3 is 1.50 bits per heavy atom. The summed E-state index contributed by atoms with van der Waals surface area (Å²) >= 11 is 0. The van der Waals surface area contributed by atoms with Crippen LogP contribution in [0.25, 0.3) is 0 Å². The predicted molar refractivity (Wildman–Crippen MR) is 60.7 cm³/mol. The molecule has 0 atom stereocenters. The van der Waals surface area contributed by atoms with Crippen LogP contribution in [0, 0.1) is 0 Å². The molecule has 0 N–H and O–H groups in total. The molecule has 0 aliphatic rings. The average Bonchev–Trinajstić information content (AvgIpc) is 2.24. The molecule has 0 unspecified atom stereocenters. The molecule has 0 spiro atoms. The van der Waals surface area contributed by atoms with Gasteiger partial charge >= 0.3 is 11.9 Å². The van der Waals surface area contributed by atoms with Gasteiger partial charge in [0.1, 0.15) is 0 Å². The first-order chi connectivity index (χ1) is 7.70. The molecule has 0 bridgehead atoms. The van der Waals surface area contributed by atoms with Crippen LogP contribution in [0.15, 0.2) is 36.5 Å². The number of hydrogen-bond acceptors (Lipinski definition) is 4. The Hall–Kier alpha value is -1.84. The standard InChI is InChI=1S/C12H16O4/c1-3-15-11(13)9-7-5-6-8-10-12(14)16-4-2/h5-10H,3-4H2,1-2H3/b6-5+,9-7+,10-8+. The van der Waals surface area contributed by atoms with E-state index < -0.39 is 0 Å². The van der Waals surface area contributed by atoms with Crippen molar-refractivity contribution in [3.63, 3.8) is 0 Å². The molecule has 4 heteroatoms. The van der Waals surface area contributed by atoms with Crippen molar-refractivity contribution in [3.8, 4) is 0 Å². The van der Waals surface area contributed by atoms with Crippen LogP contribution >= 0.6 is 0 Å². The molecule has 0 radical (unpaired) electrons. The van der Waals surface area contributed by atoms with Gasteiger partial charge in [-0.05, 0) is 13.8 Å². The average molecular weight is 224 g/mol. The first kappa shape index (κ1) is 14.2. The number of carbonyl (C=O) groups is 2. The van der Waals surface area contributed by atoms with Crippen molar-refractivity contribution in [3.05, 3.63) is 36.5 Å². The Labute approximate surface area is 95.2 Å².